The van der Waals surface area contributed by atoms with E-state index in [1.807, 2.05) is 0 Å². The van der Waals surface area contributed by atoms with Crippen LogP contribution < -0.4 is 5.73 Å². The predicted molar refractivity (Wildman–Crippen MR) is 61.1 cm³/mol. The summed E-state index contributed by atoms with van der Waals surface area (Å²) in [5, 5.41) is 0. The molecule has 0 heterocycles. The van der Waals surface area contributed by atoms with Crippen LogP contribution in [0.4, 0.5) is 0 Å². The molecule has 0 rings (SSSR count). The minimum absolute atomic E-state index is 0.0894. The van der Waals surface area contributed by atoms with Gasteiger partial charge in [0.05, 0.1) is 11.5 Å². The lowest BCUT2D eigenvalue weighted by Crippen LogP contribution is -2.40. The quantitative estimate of drug-likeness (QED) is 0.666. The van der Waals surface area contributed by atoms with Gasteiger partial charge in [0.2, 0.25) is 0 Å². The van der Waals surface area contributed by atoms with E-state index in [1.54, 1.807) is 13.8 Å². The second-order valence-corrected chi connectivity index (χ2v) is 6.83. The molecule has 0 aromatic heterocycles. The number of rotatable bonds is 7. The first-order valence-electron chi connectivity index (χ1n) is 5.26. The van der Waals surface area contributed by atoms with Gasteiger partial charge in [-0.3, -0.25) is 0 Å². The molecule has 0 unspecified atom stereocenters. The van der Waals surface area contributed by atoms with E-state index in [9.17, 15) is 8.42 Å². The normalized spacial score (nSPS) is 13.1. The molecule has 2 N–H and O–H groups in total. The third-order valence-electron chi connectivity index (χ3n) is 1.90. The Morgan fingerprint density at radius 2 is 1.71 bits per heavy atom. The molecule has 0 aliphatic heterocycles. The third kappa shape index (κ3) is 8.51. The van der Waals surface area contributed by atoms with Gasteiger partial charge in [-0.05, 0) is 20.3 Å². The smallest absolute Gasteiger partial charge is 0.152 e. The van der Waals surface area contributed by atoms with Gasteiger partial charge in [0.25, 0.3) is 0 Å². The van der Waals surface area contributed by atoms with Gasteiger partial charge in [0.1, 0.15) is 0 Å². The van der Waals surface area contributed by atoms with E-state index >= 15 is 0 Å². The Balaban J connectivity index is 3.86. The van der Waals surface area contributed by atoms with Crippen LogP contribution in [0.3, 0.4) is 0 Å². The van der Waals surface area contributed by atoms with Gasteiger partial charge in [-0.2, -0.15) is 0 Å². The molecule has 0 saturated heterocycles. The summed E-state index contributed by atoms with van der Waals surface area (Å²) in [5.41, 5.74) is 5.07. The summed E-state index contributed by atoms with van der Waals surface area (Å²) >= 11 is 0. The Morgan fingerprint density at radius 3 is 2.14 bits per heavy atom. The lowest BCUT2D eigenvalue weighted by Gasteiger charge is -2.17. The molecule has 14 heavy (non-hydrogen) atoms. The van der Waals surface area contributed by atoms with Gasteiger partial charge in [-0.15, -0.1) is 0 Å². The van der Waals surface area contributed by atoms with Crippen LogP contribution in [0, 0.1) is 0 Å². The summed E-state index contributed by atoms with van der Waals surface area (Å²) in [7, 11) is -2.94. The second kappa shape index (κ2) is 5.71. The van der Waals surface area contributed by atoms with Crippen LogP contribution in [0.1, 0.15) is 46.5 Å². The van der Waals surface area contributed by atoms with Gasteiger partial charge < -0.3 is 5.73 Å². The van der Waals surface area contributed by atoms with Crippen molar-refractivity contribution in [3.05, 3.63) is 0 Å². The van der Waals surface area contributed by atoms with Crippen molar-refractivity contribution in [3.8, 4) is 0 Å². The highest BCUT2D eigenvalue weighted by atomic mass is 32.2. The molecule has 0 bridgehead atoms. The van der Waals surface area contributed by atoms with Crippen molar-refractivity contribution in [3.63, 3.8) is 0 Å². The molecule has 0 aliphatic carbocycles. The highest BCUT2D eigenvalue weighted by Gasteiger charge is 2.21. The van der Waals surface area contributed by atoms with Crippen molar-refractivity contribution in [2.24, 2.45) is 5.73 Å². The van der Waals surface area contributed by atoms with Crippen molar-refractivity contribution < 1.29 is 8.42 Å². The number of sulfone groups is 1. The van der Waals surface area contributed by atoms with Crippen molar-refractivity contribution in [2.75, 3.05) is 11.5 Å². The van der Waals surface area contributed by atoms with Crippen molar-refractivity contribution in [1.29, 1.82) is 0 Å². The van der Waals surface area contributed by atoms with Gasteiger partial charge in [0, 0.05) is 5.54 Å². The van der Waals surface area contributed by atoms with Crippen molar-refractivity contribution >= 4 is 9.84 Å². The fraction of sp³-hybridized carbons (Fsp3) is 1.00. The van der Waals surface area contributed by atoms with Gasteiger partial charge in [-0.25, -0.2) is 8.42 Å². The van der Waals surface area contributed by atoms with Crippen LogP contribution in [0.5, 0.6) is 0 Å². The van der Waals surface area contributed by atoms with Crippen LogP contribution in [0.2, 0.25) is 0 Å². The Hall–Kier alpha value is -0.0900. The SMILES string of the molecule is CCCCCCS(=O)(=O)CC(C)(C)N. The molecule has 0 aromatic carbocycles. The van der Waals surface area contributed by atoms with Gasteiger partial charge in [-0.1, -0.05) is 26.2 Å². The molecule has 0 fully saturated rings. The maximum atomic E-state index is 11.5. The van der Waals surface area contributed by atoms with E-state index in [0.717, 1.165) is 25.7 Å². The molecule has 0 amide bonds. The minimum atomic E-state index is -2.94. The van der Waals surface area contributed by atoms with Crippen LogP contribution in [0.25, 0.3) is 0 Å². The van der Waals surface area contributed by atoms with Gasteiger partial charge in [0.15, 0.2) is 9.84 Å². The van der Waals surface area contributed by atoms with Crippen LogP contribution in [-0.4, -0.2) is 25.5 Å². The molecule has 0 aliphatic rings. The van der Waals surface area contributed by atoms with Gasteiger partial charge >= 0.3 is 0 Å². The van der Waals surface area contributed by atoms with E-state index in [4.69, 9.17) is 5.73 Å². The van der Waals surface area contributed by atoms with E-state index in [1.165, 1.54) is 0 Å². The zero-order chi connectivity index (χ0) is 11.2. The summed E-state index contributed by atoms with van der Waals surface area (Å²) in [4.78, 5) is 0. The molecule has 4 heteroatoms. The van der Waals surface area contributed by atoms with Crippen molar-refractivity contribution in [2.45, 2.75) is 52.0 Å². The number of nitrogens with two attached hydrogens (primary N) is 1. The zero-order valence-corrected chi connectivity index (χ0v) is 10.4. The molecule has 0 atom stereocenters. The van der Waals surface area contributed by atoms with E-state index in [0.29, 0.717) is 0 Å². The fourth-order valence-electron chi connectivity index (χ4n) is 1.39. The maximum Gasteiger partial charge on any atom is 0.152 e. The monoisotopic (exact) mass is 221 g/mol. The molecule has 0 saturated carbocycles. The average molecular weight is 221 g/mol. The van der Waals surface area contributed by atoms with Crippen LogP contribution in [-0.2, 0) is 9.84 Å². The van der Waals surface area contributed by atoms with E-state index < -0.39 is 15.4 Å². The Morgan fingerprint density at radius 1 is 1.14 bits per heavy atom. The lowest BCUT2D eigenvalue weighted by atomic mass is 10.1. The van der Waals surface area contributed by atoms with Crippen molar-refractivity contribution in [1.82, 2.24) is 0 Å². The molecule has 0 radical (unpaired) electrons. The summed E-state index contributed by atoms with van der Waals surface area (Å²) in [6, 6.07) is 0. The molecule has 0 aromatic rings. The summed E-state index contributed by atoms with van der Waals surface area (Å²) in [6.07, 6.45) is 4.01. The second-order valence-electron chi connectivity index (χ2n) is 4.64. The lowest BCUT2D eigenvalue weighted by molar-refractivity contribution is 0.541. The fourth-order valence-corrected chi connectivity index (χ4v) is 3.31. The molecule has 0 spiro atoms. The third-order valence-corrected chi connectivity index (χ3v) is 4.00. The minimum Gasteiger partial charge on any atom is -0.325 e. The van der Waals surface area contributed by atoms with E-state index in [2.05, 4.69) is 6.92 Å². The molecular formula is C10H23NO2S. The Bertz CT molecular complexity index is 239. The Labute approximate surface area is 88.0 Å². The topological polar surface area (TPSA) is 60.2 Å². The number of hydrogen-bond donors (Lipinski definition) is 1. The molecule has 3 nitrogen and oxygen atoms in total. The number of hydrogen-bond acceptors (Lipinski definition) is 3. The summed E-state index contributed by atoms with van der Waals surface area (Å²) < 4.78 is 23.1. The number of unbranched alkanes of at least 4 members (excludes halogenated alkanes) is 3. The first-order chi connectivity index (χ1) is 6.27. The highest BCUT2D eigenvalue weighted by molar-refractivity contribution is 7.91. The average Bonchev–Trinajstić information content (AvgIpc) is 1.93. The predicted octanol–water partition coefficient (Wildman–Crippen LogP) is 1.72. The largest absolute Gasteiger partial charge is 0.325 e. The first-order valence-corrected chi connectivity index (χ1v) is 7.08. The van der Waals surface area contributed by atoms with Crippen LogP contribution in [0.15, 0.2) is 0 Å². The molecule has 86 valence electrons. The zero-order valence-electron chi connectivity index (χ0n) is 9.54. The Kier molecular flexibility index (Phi) is 5.67. The maximum absolute atomic E-state index is 11.5. The first kappa shape index (κ1) is 13.9. The van der Waals surface area contributed by atoms with Crippen LogP contribution >= 0.6 is 0 Å². The molecular weight excluding hydrogens is 198 g/mol. The highest BCUT2D eigenvalue weighted by Crippen LogP contribution is 2.07. The summed E-state index contributed by atoms with van der Waals surface area (Å²) in [6.45, 7) is 5.60. The summed E-state index contributed by atoms with van der Waals surface area (Å²) in [5.74, 6) is 0.375. The standard InChI is InChI=1S/C10H23NO2S/c1-4-5-6-7-8-14(12,13)9-10(2,3)11/h4-9,11H2,1-3H3. The van der Waals surface area contributed by atoms with E-state index in [-0.39, 0.29) is 11.5 Å².